The first-order chi connectivity index (χ1) is 10.7. The molecule has 0 unspecified atom stereocenters. The van der Waals surface area contributed by atoms with Gasteiger partial charge in [-0.2, -0.15) is 0 Å². The molecule has 3 aromatic rings. The SMILES string of the molecule is COCOc1cccc2oc(-c3nnc(OC(C)C)o3)cc12. The fourth-order valence-electron chi connectivity index (χ4n) is 1.95. The lowest BCUT2D eigenvalue weighted by Gasteiger charge is -2.04. The molecular formula is C15H16N2O5. The summed E-state index contributed by atoms with van der Waals surface area (Å²) in [5.41, 5.74) is 0.660. The maximum atomic E-state index is 5.72. The van der Waals surface area contributed by atoms with E-state index in [0.29, 0.717) is 17.1 Å². The fraction of sp³-hybridized carbons (Fsp3) is 0.333. The number of benzene rings is 1. The Bertz CT molecular complexity index is 762. The Labute approximate surface area is 126 Å². The van der Waals surface area contributed by atoms with Gasteiger partial charge in [-0.3, -0.25) is 0 Å². The molecule has 0 aliphatic heterocycles. The van der Waals surface area contributed by atoms with Crippen LogP contribution in [0, 0.1) is 0 Å². The molecule has 0 radical (unpaired) electrons. The Balaban J connectivity index is 1.93. The minimum absolute atomic E-state index is 0.0435. The summed E-state index contributed by atoms with van der Waals surface area (Å²) in [4.78, 5) is 0. The normalized spacial score (nSPS) is 11.3. The number of rotatable bonds is 6. The highest BCUT2D eigenvalue weighted by molar-refractivity contribution is 5.87. The summed E-state index contributed by atoms with van der Waals surface area (Å²) in [5, 5.41) is 8.56. The van der Waals surface area contributed by atoms with E-state index >= 15 is 0 Å². The average Bonchev–Trinajstić information content (AvgIpc) is 3.10. The van der Waals surface area contributed by atoms with Crippen LogP contribution in [0.25, 0.3) is 22.6 Å². The van der Waals surface area contributed by atoms with Gasteiger partial charge in [-0.05, 0) is 26.0 Å². The average molecular weight is 304 g/mol. The Morgan fingerprint density at radius 3 is 2.82 bits per heavy atom. The van der Waals surface area contributed by atoms with Crippen molar-refractivity contribution in [2.24, 2.45) is 0 Å². The van der Waals surface area contributed by atoms with Crippen LogP contribution in [0.1, 0.15) is 13.8 Å². The number of hydrogen-bond acceptors (Lipinski definition) is 7. The number of fused-ring (bicyclic) bond motifs is 1. The second-order valence-corrected chi connectivity index (χ2v) is 4.87. The summed E-state index contributed by atoms with van der Waals surface area (Å²) >= 11 is 0. The fourth-order valence-corrected chi connectivity index (χ4v) is 1.95. The van der Waals surface area contributed by atoms with E-state index in [1.807, 2.05) is 32.0 Å². The third-order valence-electron chi connectivity index (χ3n) is 2.81. The molecule has 0 saturated carbocycles. The van der Waals surface area contributed by atoms with Crippen molar-refractivity contribution in [2.45, 2.75) is 20.0 Å². The van der Waals surface area contributed by atoms with E-state index in [1.54, 1.807) is 13.2 Å². The van der Waals surface area contributed by atoms with Crippen molar-refractivity contribution in [1.82, 2.24) is 10.2 Å². The minimum atomic E-state index is -0.0435. The van der Waals surface area contributed by atoms with Crippen LogP contribution in [0.15, 0.2) is 33.1 Å². The van der Waals surface area contributed by atoms with E-state index in [0.717, 1.165) is 5.39 Å². The summed E-state index contributed by atoms with van der Waals surface area (Å²) in [7, 11) is 1.57. The molecule has 0 atom stereocenters. The van der Waals surface area contributed by atoms with Crippen molar-refractivity contribution in [3.63, 3.8) is 0 Å². The first-order valence-electron chi connectivity index (χ1n) is 6.82. The van der Waals surface area contributed by atoms with Crippen molar-refractivity contribution in [2.75, 3.05) is 13.9 Å². The number of hydrogen-bond donors (Lipinski definition) is 0. The zero-order valence-corrected chi connectivity index (χ0v) is 12.5. The molecule has 2 aromatic heterocycles. The maximum absolute atomic E-state index is 5.72. The van der Waals surface area contributed by atoms with Gasteiger partial charge >= 0.3 is 6.08 Å². The predicted octanol–water partition coefficient (Wildman–Crippen LogP) is 3.25. The Kier molecular flexibility index (Phi) is 3.97. The van der Waals surface area contributed by atoms with E-state index < -0.39 is 0 Å². The molecule has 0 spiro atoms. The molecule has 0 aliphatic carbocycles. The van der Waals surface area contributed by atoms with E-state index in [1.165, 1.54) is 0 Å². The number of nitrogens with zero attached hydrogens (tertiary/aromatic N) is 2. The number of methoxy groups -OCH3 is 1. The largest absolute Gasteiger partial charge is 0.467 e. The van der Waals surface area contributed by atoms with Gasteiger partial charge in [0, 0.05) is 13.2 Å². The third kappa shape index (κ3) is 2.89. The summed E-state index contributed by atoms with van der Waals surface area (Å²) in [5.74, 6) is 1.37. The van der Waals surface area contributed by atoms with E-state index in [4.69, 9.17) is 23.0 Å². The van der Waals surface area contributed by atoms with Crippen LogP contribution in [-0.4, -0.2) is 30.2 Å². The van der Waals surface area contributed by atoms with Crippen molar-refractivity contribution >= 4 is 11.0 Å². The maximum Gasteiger partial charge on any atom is 0.415 e. The van der Waals surface area contributed by atoms with Crippen LogP contribution in [0.2, 0.25) is 0 Å². The number of ether oxygens (including phenoxy) is 3. The van der Waals surface area contributed by atoms with Gasteiger partial charge in [-0.25, -0.2) is 0 Å². The van der Waals surface area contributed by atoms with Gasteiger partial charge in [0.2, 0.25) is 0 Å². The lowest BCUT2D eigenvalue weighted by molar-refractivity contribution is 0.0522. The van der Waals surface area contributed by atoms with Gasteiger partial charge in [0.1, 0.15) is 11.3 Å². The third-order valence-corrected chi connectivity index (χ3v) is 2.81. The molecule has 7 nitrogen and oxygen atoms in total. The van der Waals surface area contributed by atoms with Crippen LogP contribution >= 0.6 is 0 Å². The molecule has 0 saturated heterocycles. The van der Waals surface area contributed by atoms with Gasteiger partial charge < -0.3 is 23.0 Å². The van der Waals surface area contributed by atoms with Crippen molar-refractivity contribution < 1.29 is 23.0 Å². The second kappa shape index (κ2) is 6.07. The highest BCUT2D eigenvalue weighted by Crippen LogP contribution is 2.33. The summed E-state index contributed by atoms with van der Waals surface area (Å²) in [6, 6.07) is 7.29. The van der Waals surface area contributed by atoms with Gasteiger partial charge in [0.05, 0.1) is 11.5 Å². The van der Waals surface area contributed by atoms with Gasteiger partial charge in [-0.1, -0.05) is 11.2 Å². The predicted molar refractivity (Wildman–Crippen MR) is 77.8 cm³/mol. The Morgan fingerprint density at radius 2 is 2.05 bits per heavy atom. The van der Waals surface area contributed by atoms with Crippen LogP contribution in [-0.2, 0) is 4.74 Å². The summed E-state index contributed by atoms with van der Waals surface area (Å²) < 4.78 is 26.9. The smallest absolute Gasteiger partial charge is 0.415 e. The molecule has 0 fully saturated rings. The Hall–Kier alpha value is -2.54. The molecule has 116 valence electrons. The van der Waals surface area contributed by atoms with Gasteiger partial charge in [-0.15, -0.1) is 5.10 Å². The van der Waals surface area contributed by atoms with Crippen LogP contribution in [0.5, 0.6) is 11.8 Å². The topological polar surface area (TPSA) is 79.8 Å². The minimum Gasteiger partial charge on any atom is -0.467 e. The standard InChI is InChI=1S/C15H16N2O5/c1-9(2)20-15-17-16-14(22-15)13-7-10-11(19-8-18-3)5-4-6-12(10)21-13/h4-7,9H,8H2,1-3H3. The molecule has 7 heteroatoms. The molecule has 0 amide bonds. The summed E-state index contributed by atoms with van der Waals surface area (Å²) in [6.07, 6.45) is 0.0688. The molecule has 22 heavy (non-hydrogen) atoms. The zero-order valence-electron chi connectivity index (χ0n) is 12.5. The van der Waals surface area contributed by atoms with Gasteiger partial charge in [0.25, 0.3) is 5.89 Å². The van der Waals surface area contributed by atoms with E-state index in [2.05, 4.69) is 10.2 Å². The zero-order chi connectivity index (χ0) is 15.5. The molecule has 0 aliphatic rings. The quantitative estimate of drug-likeness (QED) is 0.646. The lowest BCUT2D eigenvalue weighted by atomic mass is 10.2. The second-order valence-electron chi connectivity index (χ2n) is 4.87. The molecule has 3 rings (SSSR count). The highest BCUT2D eigenvalue weighted by atomic mass is 16.7. The Morgan fingerprint density at radius 1 is 1.18 bits per heavy atom. The summed E-state index contributed by atoms with van der Waals surface area (Å²) in [6.45, 7) is 3.92. The molecule has 2 heterocycles. The molecule has 1 aromatic carbocycles. The van der Waals surface area contributed by atoms with E-state index in [9.17, 15) is 0 Å². The van der Waals surface area contributed by atoms with Crippen LogP contribution < -0.4 is 9.47 Å². The molecule has 0 bridgehead atoms. The monoisotopic (exact) mass is 304 g/mol. The van der Waals surface area contributed by atoms with Crippen molar-refractivity contribution in [3.05, 3.63) is 24.3 Å². The molecule has 0 N–H and O–H groups in total. The highest BCUT2D eigenvalue weighted by Gasteiger charge is 2.17. The molecular weight excluding hydrogens is 288 g/mol. The first-order valence-corrected chi connectivity index (χ1v) is 6.82. The van der Waals surface area contributed by atoms with Crippen LogP contribution in [0.4, 0.5) is 0 Å². The van der Waals surface area contributed by atoms with Crippen LogP contribution in [0.3, 0.4) is 0 Å². The lowest BCUT2D eigenvalue weighted by Crippen LogP contribution is -2.05. The van der Waals surface area contributed by atoms with Crippen molar-refractivity contribution in [3.8, 4) is 23.5 Å². The number of aromatic nitrogens is 2. The first kappa shape index (κ1) is 14.4. The van der Waals surface area contributed by atoms with Gasteiger partial charge in [0.15, 0.2) is 12.6 Å². The van der Waals surface area contributed by atoms with Crippen molar-refractivity contribution in [1.29, 1.82) is 0 Å². The number of furan rings is 1. The van der Waals surface area contributed by atoms with E-state index in [-0.39, 0.29) is 24.9 Å².